The molecule has 1 aliphatic heterocycles. The van der Waals surface area contributed by atoms with Crippen LogP contribution in [0.3, 0.4) is 0 Å². The maximum atomic E-state index is 12.2. The monoisotopic (exact) mass is 239 g/mol. The Bertz CT molecular complexity index is 342. The number of hydrogen-bond donors (Lipinski definition) is 1. The molecule has 0 radical (unpaired) electrons. The van der Waals surface area contributed by atoms with Gasteiger partial charge in [0.15, 0.2) is 0 Å². The third-order valence-electron chi connectivity index (χ3n) is 3.12. The van der Waals surface area contributed by atoms with Gasteiger partial charge in [-0.1, -0.05) is 6.07 Å². The highest BCUT2D eigenvalue weighted by atomic mass is 32.1. The van der Waals surface area contributed by atoms with Crippen molar-refractivity contribution in [3.63, 3.8) is 0 Å². The molecule has 2 heterocycles. The molecule has 1 unspecified atom stereocenters. The summed E-state index contributed by atoms with van der Waals surface area (Å²) in [4.78, 5) is 15.1. The van der Waals surface area contributed by atoms with Crippen molar-refractivity contribution < 1.29 is 9.90 Å². The molecule has 88 valence electrons. The molecule has 4 heteroatoms. The second-order valence-corrected chi connectivity index (χ2v) is 5.27. The number of nitrogens with zero attached hydrogens (tertiary/aromatic N) is 1. The lowest BCUT2D eigenvalue weighted by Gasteiger charge is -2.31. The van der Waals surface area contributed by atoms with Gasteiger partial charge in [-0.25, -0.2) is 0 Å². The van der Waals surface area contributed by atoms with E-state index in [9.17, 15) is 9.90 Å². The van der Waals surface area contributed by atoms with Crippen molar-refractivity contribution in [3.8, 4) is 0 Å². The predicted octanol–water partition coefficient (Wildman–Crippen LogP) is 1.83. The van der Waals surface area contributed by atoms with E-state index in [0.29, 0.717) is 25.9 Å². The molecule has 1 aromatic heterocycles. The van der Waals surface area contributed by atoms with E-state index in [1.165, 1.54) is 0 Å². The number of carbonyl (C=O) groups is 1. The van der Waals surface area contributed by atoms with Gasteiger partial charge >= 0.3 is 0 Å². The van der Waals surface area contributed by atoms with Crippen molar-refractivity contribution >= 4 is 17.2 Å². The second kappa shape index (κ2) is 4.97. The minimum atomic E-state index is -0.221. The van der Waals surface area contributed by atoms with Crippen molar-refractivity contribution in [3.05, 3.63) is 22.4 Å². The zero-order valence-corrected chi connectivity index (χ0v) is 10.2. The molecule has 1 N–H and O–H groups in total. The standard InChI is InChI=1S/C12H17NO2S/c1-9(11-3-2-8-16-11)12(15)13-6-4-10(14)5-7-13/h2-3,8-10,14H,4-7H2,1H3. The van der Waals surface area contributed by atoms with Crippen LogP contribution < -0.4 is 0 Å². The first-order valence-electron chi connectivity index (χ1n) is 5.68. The lowest BCUT2D eigenvalue weighted by Crippen LogP contribution is -2.41. The summed E-state index contributed by atoms with van der Waals surface area (Å²) >= 11 is 1.63. The van der Waals surface area contributed by atoms with Crippen LogP contribution in [0, 0.1) is 0 Å². The number of amides is 1. The maximum Gasteiger partial charge on any atom is 0.230 e. The Morgan fingerprint density at radius 2 is 2.25 bits per heavy atom. The van der Waals surface area contributed by atoms with Gasteiger partial charge in [-0.05, 0) is 31.2 Å². The first kappa shape index (κ1) is 11.6. The van der Waals surface area contributed by atoms with E-state index in [-0.39, 0.29) is 17.9 Å². The SMILES string of the molecule is CC(C(=O)N1CCC(O)CC1)c1cccs1. The number of likely N-dealkylation sites (tertiary alicyclic amines) is 1. The zero-order chi connectivity index (χ0) is 11.5. The van der Waals surface area contributed by atoms with Crippen molar-refractivity contribution in [2.24, 2.45) is 0 Å². The van der Waals surface area contributed by atoms with Gasteiger partial charge in [0.05, 0.1) is 12.0 Å². The van der Waals surface area contributed by atoms with Crippen LogP contribution in [0.5, 0.6) is 0 Å². The Kier molecular flexibility index (Phi) is 3.61. The van der Waals surface area contributed by atoms with Gasteiger partial charge in [-0.15, -0.1) is 11.3 Å². The Balaban J connectivity index is 1.97. The normalized spacial score (nSPS) is 19.8. The van der Waals surface area contributed by atoms with E-state index >= 15 is 0 Å². The summed E-state index contributed by atoms with van der Waals surface area (Å²) in [5.74, 6) is 0.143. The molecule has 3 nitrogen and oxygen atoms in total. The van der Waals surface area contributed by atoms with E-state index in [4.69, 9.17) is 0 Å². The number of rotatable bonds is 2. The number of aliphatic hydroxyl groups excluding tert-OH is 1. The predicted molar refractivity (Wildman–Crippen MR) is 64.6 cm³/mol. The van der Waals surface area contributed by atoms with Crippen LogP contribution >= 0.6 is 11.3 Å². The van der Waals surface area contributed by atoms with Gasteiger partial charge in [0.25, 0.3) is 0 Å². The Hall–Kier alpha value is -0.870. The molecule has 0 spiro atoms. The van der Waals surface area contributed by atoms with Gasteiger partial charge in [0.2, 0.25) is 5.91 Å². The average Bonchev–Trinajstić information content (AvgIpc) is 2.81. The first-order valence-corrected chi connectivity index (χ1v) is 6.56. The molecule has 1 atom stereocenters. The fraction of sp³-hybridized carbons (Fsp3) is 0.583. The van der Waals surface area contributed by atoms with Crippen LogP contribution in [-0.2, 0) is 4.79 Å². The van der Waals surface area contributed by atoms with E-state index < -0.39 is 0 Å². The van der Waals surface area contributed by atoms with Crippen molar-refractivity contribution in [2.75, 3.05) is 13.1 Å². The number of hydrogen-bond acceptors (Lipinski definition) is 3. The van der Waals surface area contributed by atoms with Crippen molar-refractivity contribution in [2.45, 2.75) is 31.8 Å². The van der Waals surface area contributed by atoms with Crippen molar-refractivity contribution in [1.29, 1.82) is 0 Å². The van der Waals surface area contributed by atoms with Gasteiger partial charge in [-0.3, -0.25) is 4.79 Å². The molecule has 2 rings (SSSR count). The van der Waals surface area contributed by atoms with Crippen LogP contribution in [0.2, 0.25) is 0 Å². The Morgan fingerprint density at radius 1 is 1.56 bits per heavy atom. The quantitative estimate of drug-likeness (QED) is 0.855. The smallest absolute Gasteiger partial charge is 0.230 e. The third kappa shape index (κ3) is 2.44. The Labute approximate surface area is 99.7 Å². The summed E-state index contributed by atoms with van der Waals surface area (Å²) in [6.45, 7) is 3.34. The number of thiophene rings is 1. The topological polar surface area (TPSA) is 40.5 Å². The lowest BCUT2D eigenvalue weighted by atomic mass is 10.0. The minimum absolute atomic E-state index is 0.0461. The molecule has 1 aromatic rings. The number of aliphatic hydroxyl groups is 1. The summed E-state index contributed by atoms with van der Waals surface area (Å²) in [5, 5.41) is 11.4. The van der Waals surface area contributed by atoms with Crippen LogP contribution in [-0.4, -0.2) is 35.1 Å². The molecule has 1 saturated heterocycles. The molecular weight excluding hydrogens is 222 g/mol. The molecule has 0 aliphatic carbocycles. The fourth-order valence-corrected chi connectivity index (χ4v) is 2.80. The van der Waals surface area contributed by atoms with Gasteiger partial charge < -0.3 is 10.0 Å². The highest BCUT2D eigenvalue weighted by Gasteiger charge is 2.26. The lowest BCUT2D eigenvalue weighted by molar-refractivity contribution is -0.134. The maximum absolute atomic E-state index is 12.2. The van der Waals surface area contributed by atoms with E-state index in [1.54, 1.807) is 11.3 Å². The van der Waals surface area contributed by atoms with Crippen LogP contribution in [0.4, 0.5) is 0 Å². The fourth-order valence-electron chi connectivity index (χ4n) is 2.02. The first-order chi connectivity index (χ1) is 7.68. The van der Waals surface area contributed by atoms with Gasteiger partial charge in [-0.2, -0.15) is 0 Å². The van der Waals surface area contributed by atoms with E-state index in [1.807, 2.05) is 29.3 Å². The van der Waals surface area contributed by atoms with Crippen LogP contribution in [0.15, 0.2) is 17.5 Å². The molecule has 16 heavy (non-hydrogen) atoms. The highest BCUT2D eigenvalue weighted by molar-refractivity contribution is 7.10. The molecule has 1 aliphatic rings. The second-order valence-electron chi connectivity index (χ2n) is 4.29. The summed E-state index contributed by atoms with van der Waals surface area (Å²) in [6.07, 6.45) is 1.20. The summed E-state index contributed by atoms with van der Waals surface area (Å²) in [5.41, 5.74) is 0. The highest BCUT2D eigenvalue weighted by Crippen LogP contribution is 2.24. The van der Waals surface area contributed by atoms with Crippen LogP contribution in [0.25, 0.3) is 0 Å². The average molecular weight is 239 g/mol. The minimum Gasteiger partial charge on any atom is -0.393 e. The number of piperidine rings is 1. The molecule has 1 amide bonds. The summed E-state index contributed by atoms with van der Waals surface area (Å²) < 4.78 is 0. The summed E-state index contributed by atoms with van der Waals surface area (Å²) in [7, 11) is 0. The van der Waals surface area contributed by atoms with Gasteiger partial charge in [0, 0.05) is 18.0 Å². The number of carbonyl (C=O) groups excluding carboxylic acids is 1. The van der Waals surface area contributed by atoms with Crippen LogP contribution in [0.1, 0.15) is 30.6 Å². The molecule has 0 bridgehead atoms. The molecular formula is C12H17NO2S. The van der Waals surface area contributed by atoms with E-state index in [2.05, 4.69) is 0 Å². The molecule has 0 saturated carbocycles. The largest absolute Gasteiger partial charge is 0.393 e. The summed E-state index contributed by atoms with van der Waals surface area (Å²) in [6, 6.07) is 3.98. The molecule has 0 aromatic carbocycles. The Morgan fingerprint density at radius 3 is 2.81 bits per heavy atom. The van der Waals surface area contributed by atoms with E-state index in [0.717, 1.165) is 4.88 Å². The zero-order valence-electron chi connectivity index (χ0n) is 9.43. The third-order valence-corrected chi connectivity index (χ3v) is 4.17. The van der Waals surface area contributed by atoms with Gasteiger partial charge in [0.1, 0.15) is 0 Å². The molecule has 1 fully saturated rings. The van der Waals surface area contributed by atoms with Crippen molar-refractivity contribution in [1.82, 2.24) is 4.90 Å².